The summed E-state index contributed by atoms with van der Waals surface area (Å²) in [5, 5.41) is 10.8. The lowest BCUT2D eigenvalue weighted by atomic mass is 9.52. The lowest BCUT2D eigenvalue weighted by Gasteiger charge is -2.59. The topological polar surface area (TPSA) is 65.0 Å². The van der Waals surface area contributed by atoms with Gasteiger partial charge < -0.3 is 18.7 Å². The van der Waals surface area contributed by atoms with Crippen LogP contribution in [0.1, 0.15) is 39.5 Å². The molecule has 2 heterocycles. The molecule has 0 amide bonds. The fourth-order valence-electron chi connectivity index (χ4n) is 7.52. The molecular weight excluding hydrogens is 412 g/mol. The second-order valence-corrected chi connectivity index (χ2v) is 21.0. The van der Waals surface area contributed by atoms with E-state index in [1.807, 2.05) is 6.92 Å². The average molecular weight is 451 g/mol. The molecule has 4 fully saturated rings. The van der Waals surface area contributed by atoms with Crippen molar-refractivity contribution < 1.29 is 23.5 Å². The maximum absolute atomic E-state index is 14.4. The number of aliphatic hydroxyl groups excluding tert-OH is 1. The predicted octanol–water partition coefficient (Wildman–Crippen LogP) is 3.82. The van der Waals surface area contributed by atoms with E-state index in [-0.39, 0.29) is 23.9 Å². The lowest BCUT2D eigenvalue weighted by molar-refractivity contribution is -0.224. The molecule has 4 unspecified atom stereocenters. The third kappa shape index (κ3) is 3.18. The Kier molecular flexibility index (Phi) is 4.91. The standard InChI is InChI=1S/C23H38O5Si2/c1-13-15-7-14(9-18(13)24)8-17-16-11-26-19(16)10-20-23(17,2)22(25)21(15)28-30(5,6)12-29(3,4)27-20/h14,16-21,24H,7-12H2,1-6H3/t14-,16?,17?,18?,19?,20+,21-,23+/m1/s1. The van der Waals surface area contributed by atoms with Crippen molar-refractivity contribution in [3.8, 4) is 0 Å². The van der Waals surface area contributed by atoms with Crippen LogP contribution < -0.4 is 0 Å². The minimum Gasteiger partial charge on any atom is -0.414 e. The highest BCUT2D eigenvalue weighted by Gasteiger charge is 2.64. The average Bonchev–Trinajstić information content (AvgIpc) is 2.62. The van der Waals surface area contributed by atoms with Crippen LogP contribution in [-0.4, -0.2) is 58.5 Å². The van der Waals surface area contributed by atoms with E-state index in [4.69, 9.17) is 13.6 Å². The first-order valence-corrected chi connectivity index (χ1v) is 18.0. The molecule has 0 radical (unpaired) electrons. The molecule has 0 aromatic heterocycles. The smallest absolute Gasteiger partial charge is 0.187 e. The summed E-state index contributed by atoms with van der Waals surface area (Å²) in [6, 6.07) is 0. The number of rotatable bonds is 0. The number of hydrogen-bond donors (Lipinski definition) is 1. The fraction of sp³-hybridized carbons (Fsp3) is 0.870. The van der Waals surface area contributed by atoms with E-state index in [1.165, 1.54) is 0 Å². The number of aliphatic hydroxyl groups is 1. The number of ketones is 1. The van der Waals surface area contributed by atoms with E-state index >= 15 is 0 Å². The molecule has 3 aliphatic carbocycles. The number of Topliss-reactive ketones (excluding diaryl/α,β-unsaturated/α-hetero) is 1. The van der Waals surface area contributed by atoms with E-state index in [9.17, 15) is 9.90 Å². The second kappa shape index (κ2) is 6.84. The molecule has 30 heavy (non-hydrogen) atoms. The van der Waals surface area contributed by atoms with E-state index in [2.05, 4.69) is 33.1 Å². The van der Waals surface area contributed by atoms with E-state index in [0.29, 0.717) is 11.8 Å². The molecular formula is C23H38O5Si2. The Labute approximate surface area is 182 Å². The van der Waals surface area contributed by atoms with Crippen LogP contribution in [0.4, 0.5) is 0 Å². The minimum atomic E-state index is -2.14. The molecule has 4 bridgehead atoms. The van der Waals surface area contributed by atoms with Crippen molar-refractivity contribution in [2.24, 2.45) is 23.2 Å². The molecule has 2 saturated carbocycles. The zero-order valence-electron chi connectivity index (χ0n) is 19.4. The monoisotopic (exact) mass is 450 g/mol. The molecule has 5 rings (SSSR count). The zero-order chi connectivity index (χ0) is 21.6. The van der Waals surface area contributed by atoms with Crippen LogP contribution in [0.5, 0.6) is 0 Å². The van der Waals surface area contributed by atoms with Crippen molar-refractivity contribution in [3.05, 3.63) is 11.1 Å². The van der Waals surface area contributed by atoms with Crippen molar-refractivity contribution in [2.45, 2.75) is 95.8 Å². The van der Waals surface area contributed by atoms with Crippen molar-refractivity contribution in [2.75, 3.05) is 6.61 Å². The van der Waals surface area contributed by atoms with E-state index < -0.39 is 34.3 Å². The summed E-state index contributed by atoms with van der Waals surface area (Å²) in [4.78, 5) is 14.4. The SMILES string of the molecule is CC1=C2C[C@@H](CC1O)CC1C3COC3C[C@@H]3O[Si](C)(C)C[Si](C)(C)O[C@H]2C(=O)[C@@]13C. The van der Waals surface area contributed by atoms with Crippen LogP contribution >= 0.6 is 0 Å². The molecule has 2 saturated heterocycles. The first-order valence-electron chi connectivity index (χ1n) is 11.8. The van der Waals surface area contributed by atoms with Crippen LogP contribution in [0.15, 0.2) is 11.1 Å². The Morgan fingerprint density at radius 3 is 2.43 bits per heavy atom. The van der Waals surface area contributed by atoms with Crippen molar-refractivity contribution in [3.63, 3.8) is 0 Å². The first-order chi connectivity index (χ1) is 13.9. The Balaban J connectivity index is 1.70. The van der Waals surface area contributed by atoms with Crippen LogP contribution in [0.2, 0.25) is 31.9 Å². The van der Waals surface area contributed by atoms with Gasteiger partial charge in [-0.25, -0.2) is 0 Å². The van der Waals surface area contributed by atoms with Gasteiger partial charge in [-0.1, -0.05) is 0 Å². The Morgan fingerprint density at radius 1 is 1.07 bits per heavy atom. The highest BCUT2D eigenvalue weighted by molar-refractivity contribution is 6.89. The maximum Gasteiger partial charge on any atom is 0.187 e. The Hall–Kier alpha value is -0.316. The lowest BCUT2D eigenvalue weighted by Crippen LogP contribution is -2.66. The molecule has 2 aliphatic heterocycles. The first kappa shape index (κ1) is 21.5. The number of fused-ring (bicyclic) bond motifs is 6. The Bertz CT molecular complexity index is 792. The summed E-state index contributed by atoms with van der Waals surface area (Å²) >= 11 is 0. The summed E-state index contributed by atoms with van der Waals surface area (Å²) < 4.78 is 19.8. The van der Waals surface area contributed by atoms with Crippen LogP contribution in [0, 0.1) is 23.2 Å². The molecule has 7 heteroatoms. The third-order valence-corrected chi connectivity index (χ3v) is 17.5. The normalized spacial score (nSPS) is 49.6. The molecule has 8 atom stereocenters. The van der Waals surface area contributed by atoms with E-state index in [1.54, 1.807) is 0 Å². The summed E-state index contributed by atoms with van der Waals surface area (Å²) in [6.45, 7) is 14.0. The van der Waals surface area contributed by atoms with Crippen molar-refractivity contribution >= 4 is 22.4 Å². The summed E-state index contributed by atoms with van der Waals surface area (Å²) in [6.07, 6.45) is 2.68. The minimum absolute atomic E-state index is 0.0862. The van der Waals surface area contributed by atoms with Gasteiger partial charge in [-0.05, 0) is 94.4 Å². The van der Waals surface area contributed by atoms with Gasteiger partial charge >= 0.3 is 0 Å². The Morgan fingerprint density at radius 2 is 1.77 bits per heavy atom. The number of ether oxygens (including phenoxy) is 1. The van der Waals surface area contributed by atoms with Crippen molar-refractivity contribution in [1.29, 1.82) is 0 Å². The number of carbonyl (C=O) groups is 1. The number of carbonyl (C=O) groups excluding carboxylic acids is 1. The largest absolute Gasteiger partial charge is 0.414 e. The van der Waals surface area contributed by atoms with Gasteiger partial charge in [0.1, 0.15) is 6.10 Å². The molecule has 0 aromatic carbocycles. The van der Waals surface area contributed by atoms with Gasteiger partial charge in [-0.3, -0.25) is 4.79 Å². The van der Waals surface area contributed by atoms with Crippen LogP contribution in [-0.2, 0) is 18.4 Å². The van der Waals surface area contributed by atoms with Gasteiger partial charge in [-0.15, -0.1) is 0 Å². The summed E-state index contributed by atoms with van der Waals surface area (Å²) in [5.74, 6) is 1.30. The number of hydrogen-bond acceptors (Lipinski definition) is 5. The molecule has 0 spiro atoms. The highest BCUT2D eigenvalue weighted by atomic mass is 28.4. The predicted molar refractivity (Wildman–Crippen MR) is 120 cm³/mol. The van der Waals surface area contributed by atoms with E-state index in [0.717, 1.165) is 49.1 Å². The summed E-state index contributed by atoms with van der Waals surface area (Å²) in [5.41, 5.74) is 2.50. The molecule has 5 aliphatic rings. The fourth-order valence-corrected chi connectivity index (χ4v) is 18.4. The van der Waals surface area contributed by atoms with Gasteiger partial charge in [-0.2, -0.15) is 0 Å². The third-order valence-electron chi connectivity index (χ3n) is 8.88. The van der Waals surface area contributed by atoms with Gasteiger partial charge in [0.2, 0.25) is 0 Å². The molecule has 0 aromatic rings. The van der Waals surface area contributed by atoms with Crippen LogP contribution in [0.25, 0.3) is 0 Å². The molecule has 5 nitrogen and oxygen atoms in total. The summed E-state index contributed by atoms with van der Waals surface area (Å²) in [7, 11) is -4.15. The van der Waals surface area contributed by atoms with Gasteiger partial charge in [0, 0.05) is 5.92 Å². The van der Waals surface area contributed by atoms with Gasteiger partial charge in [0.25, 0.3) is 0 Å². The second-order valence-electron chi connectivity index (χ2n) is 12.1. The zero-order valence-corrected chi connectivity index (χ0v) is 21.4. The highest BCUT2D eigenvalue weighted by Crippen LogP contribution is 2.58. The van der Waals surface area contributed by atoms with Crippen molar-refractivity contribution in [1.82, 2.24) is 0 Å². The molecule has 1 N–H and O–H groups in total. The quantitative estimate of drug-likeness (QED) is 0.449. The van der Waals surface area contributed by atoms with Gasteiger partial charge in [0.15, 0.2) is 22.4 Å². The maximum atomic E-state index is 14.4. The van der Waals surface area contributed by atoms with Crippen LogP contribution in [0.3, 0.4) is 0 Å². The van der Waals surface area contributed by atoms with Gasteiger partial charge in [0.05, 0.1) is 30.3 Å². The molecule has 168 valence electrons.